The molecule has 96 valence electrons. The van der Waals surface area contributed by atoms with Crippen molar-refractivity contribution in [1.82, 2.24) is 9.47 Å². The Morgan fingerprint density at radius 2 is 2.18 bits per heavy atom. The quantitative estimate of drug-likeness (QED) is 0.572. The van der Waals surface area contributed by atoms with Gasteiger partial charge in [-0.3, -0.25) is 4.79 Å². The predicted octanol–water partition coefficient (Wildman–Crippen LogP) is 1.45. The summed E-state index contributed by atoms with van der Waals surface area (Å²) in [5.41, 5.74) is 0.681. The summed E-state index contributed by atoms with van der Waals surface area (Å²) in [6.45, 7) is 1.49. The topological polar surface area (TPSA) is 34.5 Å². The Kier molecular flexibility index (Phi) is 5.51. The Labute approximate surface area is 107 Å². The van der Waals surface area contributed by atoms with Gasteiger partial charge in [0.2, 0.25) is 5.43 Å². The molecule has 0 bridgehead atoms. The molecule has 0 aliphatic heterocycles. The van der Waals surface area contributed by atoms with Gasteiger partial charge in [0.05, 0.1) is 18.7 Å². The van der Waals surface area contributed by atoms with E-state index in [9.17, 15) is 4.79 Å². The van der Waals surface area contributed by atoms with Gasteiger partial charge in [-0.15, -0.1) is 11.6 Å². The van der Waals surface area contributed by atoms with Crippen LogP contribution in [0.1, 0.15) is 12.1 Å². The van der Waals surface area contributed by atoms with Crippen molar-refractivity contribution in [3.05, 3.63) is 28.2 Å². The molecule has 0 fully saturated rings. The number of nitrogens with zero attached hydrogens (tertiary/aromatic N) is 2. The summed E-state index contributed by atoms with van der Waals surface area (Å²) in [5, 5.41) is 0. The maximum Gasteiger partial charge on any atom is 0.223 e. The fraction of sp³-hybridized carbons (Fsp3) is 0.583. The van der Waals surface area contributed by atoms with Crippen LogP contribution in [-0.2, 0) is 12.9 Å². The number of hydrogen-bond donors (Lipinski definition) is 0. The minimum atomic E-state index is -0.108. The molecule has 5 heteroatoms. The summed E-state index contributed by atoms with van der Waals surface area (Å²) in [7, 11) is 5.87. The smallest absolute Gasteiger partial charge is 0.223 e. The van der Waals surface area contributed by atoms with Crippen LogP contribution in [0.2, 0.25) is 0 Å². The van der Waals surface area contributed by atoms with Crippen LogP contribution in [0.25, 0.3) is 0 Å². The van der Waals surface area contributed by atoms with Crippen molar-refractivity contribution in [2.45, 2.75) is 12.3 Å². The van der Waals surface area contributed by atoms with Crippen molar-refractivity contribution < 1.29 is 4.74 Å². The molecule has 17 heavy (non-hydrogen) atoms. The fourth-order valence-corrected chi connectivity index (χ4v) is 1.72. The molecule has 0 N–H and O–H groups in total. The van der Waals surface area contributed by atoms with Crippen LogP contribution < -0.4 is 10.2 Å². The summed E-state index contributed by atoms with van der Waals surface area (Å²) in [5.74, 6) is 0.715. The van der Waals surface area contributed by atoms with Crippen molar-refractivity contribution in [3.63, 3.8) is 0 Å². The average molecular weight is 259 g/mol. The minimum Gasteiger partial charge on any atom is -0.488 e. The highest BCUT2D eigenvalue weighted by atomic mass is 35.5. The normalized spacial score (nSPS) is 10.9. The Morgan fingerprint density at radius 3 is 2.76 bits per heavy atom. The van der Waals surface area contributed by atoms with Gasteiger partial charge in [0.25, 0.3) is 0 Å². The van der Waals surface area contributed by atoms with Crippen molar-refractivity contribution in [2.75, 3.05) is 27.2 Å². The molecule has 0 aromatic carbocycles. The average Bonchev–Trinajstić information content (AvgIpc) is 2.28. The number of alkyl halides is 1. The third kappa shape index (κ3) is 4.40. The van der Waals surface area contributed by atoms with Gasteiger partial charge in [-0.05, 0) is 20.5 Å². The summed E-state index contributed by atoms with van der Waals surface area (Å²) in [4.78, 5) is 13.8. The van der Waals surface area contributed by atoms with E-state index in [1.54, 1.807) is 6.20 Å². The Hall–Kier alpha value is -1.00. The van der Waals surface area contributed by atoms with E-state index >= 15 is 0 Å². The monoisotopic (exact) mass is 258 g/mol. The Morgan fingerprint density at radius 1 is 1.47 bits per heavy atom. The lowest BCUT2D eigenvalue weighted by Crippen LogP contribution is -2.18. The Bertz CT molecular complexity index is 415. The number of ether oxygens (including phenoxy) is 1. The summed E-state index contributed by atoms with van der Waals surface area (Å²) >= 11 is 5.71. The first-order valence-corrected chi connectivity index (χ1v) is 6.11. The van der Waals surface area contributed by atoms with Gasteiger partial charge in [0.1, 0.15) is 0 Å². The molecule has 0 radical (unpaired) electrons. The zero-order valence-corrected chi connectivity index (χ0v) is 11.3. The molecule has 0 saturated heterocycles. The van der Waals surface area contributed by atoms with Crippen molar-refractivity contribution in [3.8, 4) is 5.75 Å². The minimum absolute atomic E-state index is 0.108. The summed E-state index contributed by atoms with van der Waals surface area (Å²) < 4.78 is 7.28. The first kappa shape index (κ1) is 14.1. The number of aryl methyl sites for hydroxylation is 1. The molecule has 0 spiro atoms. The maximum atomic E-state index is 11.7. The van der Waals surface area contributed by atoms with E-state index in [4.69, 9.17) is 16.3 Å². The summed E-state index contributed by atoms with van der Waals surface area (Å²) in [6.07, 6.45) is 2.59. The second-order valence-electron chi connectivity index (χ2n) is 4.24. The molecule has 1 aromatic rings. The van der Waals surface area contributed by atoms with Crippen LogP contribution in [0.3, 0.4) is 0 Å². The number of halogens is 1. The molecule has 1 aromatic heterocycles. The van der Waals surface area contributed by atoms with E-state index in [0.717, 1.165) is 18.7 Å². The van der Waals surface area contributed by atoms with E-state index in [2.05, 4.69) is 4.90 Å². The molecular weight excluding hydrogens is 240 g/mol. The van der Waals surface area contributed by atoms with Gasteiger partial charge in [0.15, 0.2) is 5.75 Å². The number of hydrogen-bond acceptors (Lipinski definition) is 3. The fourth-order valence-electron chi connectivity index (χ4n) is 1.45. The van der Waals surface area contributed by atoms with E-state index in [1.807, 2.05) is 25.7 Å². The van der Waals surface area contributed by atoms with Crippen molar-refractivity contribution >= 4 is 11.6 Å². The van der Waals surface area contributed by atoms with Gasteiger partial charge < -0.3 is 14.2 Å². The zero-order valence-electron chi connectivity index (χ0n) is 10.6. The second kappa shape index (κ2) is 6.67. The van der Waals surface area contributed by atoms with Crippen LogP contribution in [-0.4, -0.2) is 36.7 Å². The second-order valence-corrected chi connectivity index (χ2v) is 4.51. The zero-order chi connectivity index (χ0) is 12.8. The largest absolute Gasteiger partial charge is 0.488 e. The van der Waals surface area contributed by atoms with E-state index in [0.29, 0.717) is 18.2 Å². The Balaban J connectivity index is 2.60. The molecule has 0 amide bonds. The third-order valence-corrected chi connectivity index (χ3v) is 2.72. The standard InChI is InChI=1S/C12H19ClN2O2/c1-14(2)5-4-6-17-12-9-15(3)10(8-13)7-11(12)16/h7,9H,4-6,8H2,1-3H3. The maximum absolute atomic E-state index is 11.7. The lowest BCUT2D eigenvalue weighted by molar-refractivity contribution is 0.278. The highest BCUT2D eigenvalue weighted by Crippen LogP contribution is 2.07. The molecule has 0 aliphatic rings. The lowest BCUT2D eigenvalue weighted by Gasteiger charge is -2.11. The van der Waals surface area contributed by atoms with Crippen molar-refractivity contribution in [1.29, 1.82) is 0 Å². The van der Waals surface area contributed by atoms with E-state index in [-0.39, 0.29) is 5.43 Å². The summed E-state index contributed by atoms with van der Waals surface area (Å²) in [6, 6.07) is 1.52. The first-order chi connectivity index (χ1) is 8.04. The highest BCUT2D eigenvalue weighted by Gasteiger charge is 2.04. The van der Waals surface area contributed by atoms with Gasteiger partial charge in [-0.25, -0.2) is 0 Å². The molecule has 1 heterocycles. The highest BCUT2D eigenvalue weighted by molar-refractivity contribution is 6.16. The molecule has 0 aliphatic carbocycles. The molecule has 1 rings (SSSR count). The van der Waals surface area contributed by atoms with Crippen LogP contribution >= 0.6 is 11.6 Å². The lowest BCUT2D eigenvalue weighted by atomic mass is 10.3. The van der Waals surface area contributed by atoms with Gasteiger partial charge in [0, 0.05) is 25.4 Å². The predicted molar refractivity (Wildman–Crippen MR) is 69.9 cm³/mol. The van der Waals surface area contributed by atoms with E-state index < -0.39 is 0 Å². The molecule has 0 saturated carbocycles. The van der Waals surface area contributed by atoms with Gasteiger partial charge in [-0.1, -0.05) is 0 Å². The molecule has 0 atom stereocenters. The third-order valence-electron chi connectivity index (χ3n) is 2.45. The van der Waals surface area contributed by atoms with Gasteiger partial charge in [-0.2, -0.15) is 0 Å². The van der Waals surface area contributed by atoms with Gasteiger partial charge >= 0.3 is 0 Å². The van der Waals surface area contributed by atoms with Crippen LogP contribution in [0.5, 0.6) is 5.75 Å². The number of rotatable bonds is 6. The molecule has 4 nitrogen and oxygen atoms in total. The number of aromatic nitrogens is 1. The first-order valence-electron chi connectivity index (χ1n) is 5.57. The van der Waals surface area contributed by atoms with Crippen LogP contribution in [0.4, 0.5) is 0 Å². The molecule has 0 unspecified atom stereocenters. The van der Waals surface area contributed by atoms with E-state index in [1.165, 1.54) is 6.07 Å². The van der Waals surface area contributed by atoms with Crippen LogP contribution in [0, 0.1) is 0 Å². The SMILES string of the molecule is CN(C)CCCOc1cn(C)c(CCl)cc1=O. The van der Waals surface area contributed by atoms with Crippen molar-refractivity contribution in [2.24, 2.45) is 7.05 Å². The number of pyridine rings is 1. The molecular formula is C12H19ClN2O2. The van der Waals surface area contributed by atoms with Crippen LogP contribution in [0.15, 0.2) is 17.1 Å².